The zero-order valence-corrected chi connectivity index (χ0v) is 5.84. The van der Waals surface area contributed by atoms with E-state index in [1.54, 1.807) is 7.11 Å². The topological polar surface area (TPSA) is 29.5 Å². The van der Waals surface area contributed by atoms with Crippen molar-refractivity contribution in [1.82, 2.24) is 0 Å². The van der Waals surface area contributed by atoms with Crippen molar-refractivity contribution in [3.8, 4) is 0 Å². The molecule has 0 aromatic rings. The van der Waals surface area contributed by atoms with Crippen LogP contribution < -0.4 is 0 Å². The van der Waals surface area contributed by atoms with Gasteiger partial charge in [-0.25, -0.2) is 0 Å². The summed E-state index contributed by atoms with van der Waals surface area (Å²) in [6.45, 7) is 0. The number of hydrogen-bond acceptors (Lipinski definition) is 2. The molecule has 0 radical (unpaired) electrons. The summed E-state index contributed by atoms with van der Waals surface area (Å²) in [4.78, 5) is 0. The third-order valence-corrected chi connectivity index (χ3v) is 1.93. The minimum absolute atomic E-state index is 0.108. The second-order valence-corrected chi connectivity index (χ2v) is 2.68. The Morgan fingerprint density at radius 3 is 2.67 bits per heavy atom. The summed E-state index contributed by atoms with van der Waals surface area (Å²) in [5.74, 6) is 0. The van der Waals surface area contributed by atoms with E-state index >= 15 is 0 Å². The van der Waals surface area contributed by atoms with Crippen molar-refractivity contribution in [2.24, 2.45) is 0 Å². The average Bonchev–Trinajstić information content (AvgIpc) is 1.88. The highest BCUT2D eigenvalue weighted by atomic mass is 16.5. The smallest absolute Gasteiger partial charge is 0.0596 e. The van der Waals surface area contributed by atoms with Crippen LogP contribution in [0.1, 0.15) is 25.7 Å². The molecule has 2 unspecified atom stereocenters. The molecule has 1 aliphatic carbocycles. The largest absolute Gasteiger partial charge is 0.393 e. The van der Waals surface area contributed by atoms with E-state index in [2.05, 4.69) is 0 Å². The maximum Gasteiger partial charge on any atom is 0.0596 e. The van der Waals surface area contributed by atoms with Gasteiger partial charge < -0.3 is 9.84 Å². The van der Waals surface area contributed by atoms with Crippen LogP contribution in [0, 0.1) is 0 Å². The van der Waals surface area contributed by atoms with Gasteiger partial charge in [0, 0.05) is 7.11 Å². The van der Waals surface area contributed by atoms with Crippen LogP contribution in [0.3, 0.4) is 0 Å². The van der Waals surface area contributed by atoms with Gasteiger partial charge in [0.2, 0.25) is 0 Å². The fraction of sp³-hybridized carbons (Fsp3) is 1.00. The first-order chi connectivity index (χ1) is 4.33. The standard InChI is InChI=1S/C7H14O2/c1-9-7-4-2-3-6(8)5-7/h6-8H,2-5H2,1H3. The molecule has 0 spiro atoms. The normalized spacial score (nSPS) is 36.7. The van der Waals surface area contributed by atoms with Crippen LogP contribution in [-0.4, -0.2) is 24.4 Å². The van der Waals surface area contributed by atoms with Gasteiger partial charge in [0.05, 0.1) is 12.2 Å². The molecule has 1 fully saturated rings. The Labute approximate surface area is 55.8 Å². The molecule has 1 rings (SSSR count). The van der Waals surface area contributed by atoms with Crippen molar-refractivity contribution in [3.05, 3.63) is 0 Å². The first-order valence-electron chi connectivity index (χ1n) is 3.54. The lowest BCUT2D eigenvalue weighted by Crippen LogP contribution is -2.24. The molecule has 2 nitrogen and oxygen atoms in total. The van der Waals surface area contributed by atoms with Gasteiger partial charge in [0.15, 0.2) is 0 Å². The highest BCUT2D eigenvalue weighted by Gasteiger charge is 2.18. The number of rotatable bonds is 1. The molecule has 9 heavy (non-hydrogen) atoms. The maximum atomic E-state index is 9.13. The molecule has 0 aromatic heterocycles. The second kappa shape index (κ2) is 3.18. The van der Waals surface area contributed by atoms with Crippen molar-refractivity contribution in [2.45, 2.75) is 37.9 Å². The molecule has 54 valence electrons. The van der Waals surface area contributed by atoms with Gasteiger partial charge in [-0.3, -0.25) is 0 Å². The number of methoxy groups -OCH3 is 1. The summed E-state index contributed by atoms with van der Waals surface area (Å²) < 4.78 is 5.10. The second-order valence-electron chi connectivity index (χ2n) is 2.68. The van der Waals surface area contributed by atoms with E-state index in [9.17, 15) is 0 Å². The lowest BCUT2D eigenvalue weighted by atomic mass is 9.95. The van der Waals surface area contributed by atoms with E-state index in [4.69, 9.17) is 9.84 Å². The Morgan fingerprint density at radius 2 is 2.22 bits per heavy atom. The molecule has 0 heterocycles. The minimum atomic E-state index is -0.108. The van der Waals surface area contributed by atoms with Crippen molar-refractivity contribution in [2.75, 3.05) is 7.11 Å². The van der Waals surface area contributed by atoms with Gasteiger partial charge in [-0.15, -0.1) is 0 Å². The zero-order valence-electron chi connectivity index (χ0n) is 5.84. The lowest BCUT2D eigenvalue weighted by Gasteiger charge is -2.24. The molecule has 1 aliphatic rings. The van der Waals surface area contributed by atoms with E-state index in [-0.39, 0.29) is 6.10 Å². The van der Waals surface area contributed by atoms with E-state index in [1.807, 2.05) is 0 Å². The van der Waals surface area contributed by atoms with Crippen LogP contribution in [0.2, 0.25) is 0 Å². The van der Waals surface area contributed by atoms with Crippen molar-refractivity contribution < 1.29 is 9.84 Å². The van der Waals surface area contributed by atoms with Crippen LogP contribution in [0.5, 0.6) is 0 Å². The van der Waals surface area contributed by atoms with Gasteiger partial charge in [0.25, 0.3) is 0 Å². The molecule has 0 bridgehead atoms. The lowest BCUT2D eigenvalue weighted by molar-refractivity contribution is 0.0115. The third-order valence-electron chi connectivity index (χ3n) is 1.93. The number of aliphatic hydroxyl groups excluding tert-OH is 1. The Balaban J connectivity index is 2.23. The fourth-order valence-corrected chi connectivity index (χ4v) is 1.33. The van der Waals surface area contributed by atoms with Crippen molar-refractivity contribution in [3.63, 3.8) is 0 Å². The molecule has 0 amide bonds. The fourth-order valence-electron chi connectivity index (χ4n) is 1.33. The zero-order chi connectivity index (χ0) is 6.69. The summed E-state index contributed by atoms with van der Waals surface area (Å²) >= 11 is 0. The molecule has 2 heteroatoms. The molecule has 1 saturated carbocycles. The van der Waals surface area contributed by atoms with E-state index < -0.39 is 0 Å². The molecule has 2 atom stereocenters. The first kappa shape index (κ1) is 7.03. The number of hydrogen-bond donors (Lipinski definition) is 1. The molecule has 0 aromatic carbocycles. The highest BCUT2D eigenvalue weighted by molar-refractivity contribution is 4.71. The predicted molar refractivity (Wildman–Crippen MR) is 35.3 cm³/mol. The molecule has 1 N–H and O–H groups in total. The van der Waals surface area contributed by atoms with Gasteiger partial charge in [0.1, 0.15) is 0 Å². The van der Waals surface area contributed by atoms with E-state index in [0.29, 0.717) is 6.10 Å². The first-order valence-corrected chi connectivity index (χ1v) is 3.54. The Kier molecular flexibility index (Phi) is 2.49. The van der Waals surface area contributed by atoms with E-state index in [0.717, 1.165) is 25.7 Å². The van der Waals surface area contributed by atoms with Crippen LogP contribution in [0.4, 0.5) is 0 Å². The molecule has 0 aliphatic heterocycles. The van der Waals surface area contributed by atoms with Gasteiger partial charge in [-0.1, -0.05) is 0 Å². The number of aliphatic hydroxyl groups is 1. The Hall–Kier alpha value is -0.0800. The SMILES string of the molecule is COC1CCCC(O)C1. The third kappa shape index (κ3) is 1.95. The van der Waals surface area contributed by atoms with Crippen molar-refractivity contribution in [1.29, 1.82) is 0 Å². The molecule has 0 saturated heterocycles. The summed E-state index contributed by atoms with van der Waals surface area (Å²) in [6, 6.07) is 0. The maximum absolute atomic E-state index is 9.13. The molecular formula is C7H14O2. The summed E-state index contributed by atoms with van der Waals surface area (Å²) in [5, 5.41) is 9.13. The monoisotopic (exact) mass is 130 g/mol. The minimum Gasteiger partial charge on any atom is -0.393 e. The highest BCUT2D eigenvalue weighted by Crippen LogP contribution is 2.19. The van der Waals surface area contributed by atoms with Crippen LogP contribution in [0.25, 0.3) is 0 Å². The van der Waals surface area contributed by atoms with Crippen LogP contribution >= 0.6 is 0 Å². The van der Waals surface area contributed by atoms with Crippen LogP contribution in [-0.2, 0) is 4.74 Å². The van der Waals surface area contributed by atoms with Gasteiger partial charge >= 0.3 is 0 Å². The van der Waals surface area contributed by atoms with Crippen LogP contribution in [0.15, 0.2) is 0 Å². The summed E-state index contributed by atoms with van der Waals surface area (Å²) in [5.41, 5.74) is 0. The van der Waals surface area contributed by atoms with E-state index in [1.165, 1.54) is 0 Å². The Morgan fingerprint density at radius 1 is 1.44 bits per heavy atom. The number of ether oxygens (including phenoxy) is 1. The van der Waals surface area contributed by atoms with Gasteiger partial charge in [-0.2, -0.15) is 0 Å². The Bertz CT molecular complexity index is 83.0. The summed E-state index contributed by atoms with van der Waals surface area (Å²) in [6.07, 6.45) is 4.22. The average molecular weight is 130 g/mol. The molecular weight excluding hydrogens is 116 g/mol. The summed E-state index contributed by atoms with van der Waals surface area (Å²) in [7, 11) is 1.71. The van der Waals surface area contributed by atoms with Crippen molar-refractivity contribution >= 4 is 0 Å². The predicted octanol–water partition coefficient (Wildman–Crippen LogP) is 0.936. The quantitative estimate of drug-likeness (QED) is 0.572. The van der Waals surface area contributed by atoms with Gasteiger partial charge in [-0.05, 0) is 25.7 Å².